The summed E-state index contributed by atoms with van der Waals surface area (Å²) in [6.07, 6.45) is -4.80. The van der Waals surface area contributed by atoms with Gasteiger partial charge in [-0.1, -0.05) is 41.9 Å². The molecule has 1 aromatic heterocycles. The van der Waals surface area contributed by atoms with Crippen molar-refractivity contribution in [3.63, 3.8) is 0 Å². The number of hydrogen-bond donors (Lipinski definition) is 3. The van der Waals surface area contributed by atoms with Gasteiger partial charge in [0.05, 0.1) is 16.2 Å². The molecule has 0 fully saturated rings. The molecule has 0 amide bonds. The highest BCUT2D eigenvalue weighted by molar-refractivity contribution is 7.77. The van der Waals surface area contributed by atoms with Crippen molar-refractivity contribution in [1.82, 2.24) is 14.9 Å². The topological polar surface area (TPSA) is 78.0 Å². The maximum atomic E-state index is 13.3. The van der Waals surface area contributed by atoms with Crippen LogP contribution in [-0.4, -0.2) is 25.1 Å². The van der Waals surface area contributed by atoms with E-state index in [4.69, 9.17) is 16.2 Å². The maximum Gasteiger partial charge on any atom is 0.410 e. The molecule has 3 rings (SSSR count). The number of hydrogen-bond acceptors (Lipinski definition) is 2. The van der Waals surface area contributed by atoms with E-state index >= 15 is 0 Å². The van der Waals surface area contributed by atoms with Gasteiger partial charge in [0.1, 0.15) is 0 Å². The first-order chi connectivity index (χ1) is 11.8. The molecule has 5 nitrogen and oxygen atoms in total. The van der Waals surface area contributed by atoms with E-state index in [1.54, 1.807) is 35.1 Å². The van der Waals surface area contributed by atoms with Crippen LogP contribution in [0.15, 0.2) is 42.5 Å². The fraction of sp³-hybridized carbons (Fsp3) is 0.133. The zero-order chi connectivity index (χ0) is 18.2. The highest BCUT2D eigenvalue weighted by Crippen LogP contribution is 2.38. The Balaban J connectivity index is 2.18. The number of nitrogens with one attached hydrogen (secondary N) is 2. The van der Waals surface area contributed by atoms with Crippen LogP contribution in [0.25, 0.3) is 22.0 Å². The van der Waals surface area contributed by atoms with Crippen LogP contribution in [0.5, 0.6) is 0 Å². The van der Waals surface area contributed by atoms with Gasteiger partial charge < -0.3 is 0 Å². The molecular weight excluding hydrogens is 379 g/mol. The van der Waals surface area contributed by atoms with E-state index in [0.717, 1.165) is 5.56 Å². The van der Waals surface area contributed by atoms with Gasteiger partial charge in [-0.25, -0.2) is 4.21 Å². The van der Waals surface area contributed by atoms with Crippen LogP contribution < -0.4 is 4.72 Å². The molecule has 0 radical (unpaired) electrons. The molecule has 132 valence electrons. The summed E-state index contributed by atoms with van der Waals surface area (Å²) in [7, 11) is 0. The number of halogens is 4. The Morgan fingerprint density at radius 3 is 2.52 bits per heavy atom. The van der Waals surface area contributed by atoms with Crippen LogP contribution in [0.3, 0.4) is 0 Å². The molecule has 0 saturated carbocycles. The predicted octanol–water partition coefficient (Wildman–Crippen LogP) is 4.21. The van der Waals surface area contributed by atoms with E-state index in [-0.39, 0.29) is 16.6 Å². The zero-order valence-electron chi connectivity index (χ0n) is 12.3. The lowest BCUT2D eigenvalue weighted by atomic mass is 10.0. The minimum absolute atomic E-state index is 0.156. The van der Waals surface area contributed by atoms with Crippen molar-refractivity contribution in [2.45, 2.75) is 12.2 Å². The molecule has 25 heavy (non-hydrogen) atoms. The van der Waals surface area contributed by atoms with Gasteiger partial charge in [-0.05, 0) is 17.7 Å². The smallest absolute Gasteiger partial charge is 0.294 e. The molecule has 0 spiro atoms. The summed E-state index contributed by atoms with van der Waals surface area (Å²) in [5.41, 5.74) is 1.12. The molecule has 0 aliphatic carbocycles. The minimum atomic E-state index is -4.80. The quantitative estimate of drug-likeness (QED) is 0.585. The third-order valence-corrected chi connectivity index (χ3v) is 4.34. The molecular formula is C15H11ClF3N3O2S. The number of rotatable bonds is 4. The van der Waals surface area contributed by atoms with Crippen molar-refractivity contribution in [1.29, 1.82) is 0 Å². The lowest BCUT2D eigenvalue weighted by molar-refractivity contribution is -0.153. The largest absolute Gasteiger partial charge is 0.410 e. The second-order valence-corrected chi connectivity index (χ2v) is 6.34. The highest BCUT2D eigenvalue weighted by atomic mass is 35.5. The second kappa shape index (κ2) is 6.75. The lowest BCUT2D eigenvalue weighted by Crippen LogP contribution is -2.35. The van der Waals surface area contributed by atoms with Crippen LogP contribution in [0.2, 0.25) is 5.02 Å². The average molecular weight is 390 g/mol. The summed E-state index contributed by atoms with van der Waals surface area (Å²) in [5, 5.41) is 6.61. The summed E-state index contributed by atoms with van der Waals surface area (Å²) in [5.74, 6) is 0. The number of fused-ring (bicyclic) bond motifs is 1. The van der Waals surface area contributed by atoms with Crippen molar-refractivity contribution < 1.29 is 21.9 Å². The Labute approximate surface area is 147 Å². The first-order valence-corrected chi connectivity index (χ1v) is 8.42. The van der Waals surface area contributed by atoms with Gasteiger partial charge in [0.2, 0.25) is 11.3 Å². The average Bonchev–Trinajstić information content (AvgIpc) is 2.93. The Morgan fingerprint density at radius 2 is 1.92 bits per heavy atom. The van der Waals surface area contributed by atoms with Crippen molar-refractivity contribution in [2.24, 2.45) is 0 Å². The SMILES string of the molecule is O=S(O)NC(c1[nH]nc2cc(Cl)c(-c3ccccc3)cc12)C(F)(F)F. The van der Waals surface area contributed by atoms with Crippen LogP contribution in [0.4, 0.5) is 13.2 Å². The Morgan fingerprint density at radius 1 is 1.24 bits per heavy atom. The molecule has 1 heterocycles. The van der Waals surface area contributed by atoms with Crippen LogP contribution in [-0.2, 0) is 11.3 Å². The first-order valence-electron chi connectivity index (χ1n) is 6.94. The fourth-order valence-corrected chi connectivity index (χ4v) is 3.22. The van der Waals surface area contributed by atoms with E-state index < -0.39 is 23.5 Å². The normalized spacial score (nSPS) is 14.6. The summed E-state index contributed by atoms with van der Waals surface area (Å²) in [4.78, 5) is 0. The Bertz CT molecular complexity index is 931. The third-order valence-electron chi connectivity index (χ3n) is 3.59. The van der Waals surface area contributed by atoms with E-state index in [1.807, 2.05) is 0 Å². The van der Waals surface area contributed by atoms with E-state index in [2.05, 4.69) is 10.2 Å². The Kier molecular flexibility index (Phi) is 4.83. The molecule has 2 unspecified atom stereocenters. The van der Waals surface area contributed by atoms with E-state index in [0.29, 0.717) is 10.6 Å². The molecule has 2 atom stereocenters. The van der Waals surface area contributed by atoms with E-state index in [9.17, 15) is 17.4 Å². The van der Waals surface area contributed by atoms with Gasteiger partial charge in [0, 0.05) is 10.9 Å². The van der Waals surface area contributed by atoms with Gasteiger partial charge in [0.25, 0.3) is 0 Å². The van der Waals surface area contributed by atoms with Crippen LogP contribution in [0.1, 0.15) is 11.7 Å². The molecule has 0 bridgehead atoms. The van der Waals surface area contributed by atoms with Gasteiger partial charge in [-0.3, -0.25) is 9.65 Å². The Hall–Kier alpha value is -1.94. The molecule has 0 aliphatic heterocycles. The lowest BCUT2D eigenvalue weighted by Gasteiger charge is -2.18. The molecule has 3 N–H and O–H groups in total. The van der Waals surface area contributed by atoms with Crippen LogP contribution in [0, 0.1) is 0 Å². The van der Waals surface area contributed by atoms with Gasteiger partial charge in [-0.2, -0.15) is 23.0 Å². The number of H-pyrrole nitrogens is 1. The minimum Gasteiger partial charge on any atom is -0.294 e. The third kappa shape index (κ3) is 3.69. The fourth-order valence-electron chi connectivity index (χ4n) is 2.50. The molecule has 3 aromatic rings. The summed E-state index contributed by atoms with van der Waals surface area (Å²) in [6.45, 7) is 0. The second-order valence-electron chi connectivity index (χ2n) is 5.19. The maximum absolute atomic E-state index is 13.3. The number of aromatic amines is 1. The van der Waals surface area contributed by atoms with Crippen molar-refractivity contribution in [3.8, 4) is 11.1 Å². The van der Waals surface area contributed by atoms with Crippen LogP contribution >= 0.6 is 11.6 Å². The monoisotopic (exact) mass is 389 g/mol. The van der Waals surface area contributed by atoms with Crippen molar-refractivity contribution >= 4 is 33.8 Å². The molecule has 0 saturated heterocycles. The van der Waals surface area contributed by atoms with Crippen molar-refractivity contribution in [2.75, 3.05) is 0 Å². The summed E-state index contributed by atoms with van der Waals surface area (Å²) >= 11 is 3.36. The number of benzene rings is 2. The molecule has 2 aromatic carbocycles. The molecule has 10 heteroatoms. The van der Waals surface area contributed by atoms with Gasteiger partial charge >= 0.3 is 6.18 Å². The zero-order valence-corrected chi connectivity index (χ0v) is 13.9. The van der Waals surface area contributed by atoms with Gasteiger partial charge in [0.15, 0.2) is 6.04 Å². The summed E-state index contributed by atoms with van der Waals surface area (Å²) in [6, 6.07) is 9.45. The first kappa shape index (κ1) is 17.9. The van der Waals surface area contributed by atoms with Gasteiger partial charge in [-0.15, -0.1) is 0 Å². The standard InChI is InChI=1S/C15H11ClF3N3O2S/c16-11-7-12-10(6-9(11)8-4-2-1-3-5-8)13(21-20-12)14(15(17,18)19)22-25(23)24/h1-7,14,22H,(H,20,21)(H,23,24). The van der Waals surface area contributed by atoms with Crippen molar-refractivity contribution in [3.05, 3.63) is 53.2 Å². The predicted molar refractivity (Wildman–Crippen MR) is 89.2 cm³/mol. The summed E-state index contributed by atoms with van der Waals surface area (Å²) < 4.78 is 61.2. The number of nitrogens with zero attached hydrogens (tertiary/aromatic N) is 1. The molecule has 0 aliphatic rings. The van der Waals surface area contributed by atoms with E-state index in [1.165, 1.54) is 12.1 Å². The highest BCUT2D eigenvalue weighted by Gasteiger charge is 2.44. The number of alkyl halides is 3. The number of aromatic nitrogens is 2.